The lowest BCUT2D eigenvalue weighted by Crippen LogP contribution is -2.12. The van der Waals surface area contributed by atoms with Gasteiger partial charge in [-0.3, -0.25) is 0 Å². The maximum atomic E-state index is 5.51. The average molecular weight is 296 g/mol. The number of aryl methyl sites for hydroxylation is 1. The molecule has 5 heteroatoms. The molecule has 3 aromatic rings. The fourth-order valence-corrected chi connectivity index (χ4v) is 3.16. The van der Waals surface area contributed by atoms with Gasteiger partial charge in [-0.15, -0.1) is 0 Å². The summed E-state index contributed by atoms with van der Waals surface area (Å²) in [5.74, 6) is 6.88. The molecule has 0 spiro atoms. The van der Waals surface area contributed by atoms with Gasteiger partial charge in [0, 0.05) is 10.5 Å². The van der Waals surface area contributed by atoms with E-state index < -0.39 is 0 Å². The number of nitrogen functional groups attached to an aromatic ring is 1. The van der Waals surface area contributed by atoms with Gasteiger partial charge in [-0.2, -0.15) is 0 Å². The van der Waals surface area contributed by atoms with Gasteiger partial charge in [0.25, 0.3) is 0 Å². The molecule has 0 atom stereocenters. The van der Waals surface area contributed by atoms with Gasteiger partial charge in [-0.25, -0.2) is 15.8 Å². The zero-order valence-electron chi connectivity index (χ0n) is 11.9. The van der Waals surface area contributed by atoms with Gasteiger partial charge in [-0.1, -0.05) is 42.1 Å². The zero-order valence-corrected chi connectivity index (χ0v) is 12.7. The first kappa shape index (κ1) is 13.9. The second-order valence-electron chi connectivity index (χ2n) is 4.80. The highest BCUT2D eigenvalue weighted by atomic mass is 32.2. The van der Waals surface area contributed by atoms with Crippen LogP contribution < -0.4 is 11.3 Å². The molecule has 2 aromatic carbocycles. The highest BCUT2D eigenvalue weighted by Crippen LogP contribution is 2.32. The van der Waals surface area contributed by atoms with Crippen LogP contribution in [0.2, 0.25) is 0 Å². The van der Waals surface area contributed by atoms with Crippen molar-refractivity contribution >= 4 is 28.4 Å². The number of nitrogens with one attached hydrogen (secondary N) is 1. The van der Waals surface area contributed by atoms with Crippen molar-refractivity contribution in [1.82, 2.24) is 9.97 Å². The van der Waals surface area contributed by atoms with E-state index >= 15 is 0 Å². The van der Waals surface area contributed by atoms with E-state index in [-0.39, 0.29) is 0 Å². The second kappa shape index (κ2) is 5.71. The Hall–Kier alpha value is -2.11. The number of benzene rings is 2. The minimum atomic E-state index is 0.672. The fourth-order valence-electron chi connectivity index (χ4n) is 2.19. The molecular weight excluding hydrogens is 280 g/mol. The molecule has 21 heavy (non-hydrogen) atoms. The van der Waals surface area contributed by atoms with E-state index in [1.54, 1.807) is 11.8 Å². The molecule has 3 N–H and O–H groups in total. The van der Waals surface area contributed by atoms with Gasteiger partial charge in [0.05, 0.1) is 0 Å². The molecule has 0 aliphatic rings. The standard InChI is InChI=1S/C16H16N4S/c1-10-15(20-17)18-11(2)19-16(10)21-14-8-7-12-5-3-4-6-13(12)9-14/h3-9H,17H2,1-2H3,(H,18,19,20). The molecule has 1 heterocycles. The Labute approximate surface area is 127 Å². The lowest BCUT2D eigenvalue weighted by Gasteiger charge is -2.10. The first-order chi connectivity index (χ1) is 10.2. The molecule has 0 radical (unpaired) electrons. The molecule has 0 saturated heterocycles. The SMILES string of the molecule is Cc1nc(NN)c(C)c(Sc2ccc3ccccc3c2)n1. The molecule has 0 unspecified atom stereocenters. The minimum Gasteiger partial charge on any atom is -0.308 e. The third kappa shape index (κ3) is 2.84. The van der Waals surface area contributed by atoms with Crippen molar-refractivity contribution in [1.29, 1.82) is 0 Å². The maximum absolute atomic E-state index is 5.51. The van der Waals surface area contributed by atoms with Crippen LogP contribution in [-0.2, 0) is 0 Å². The molecule has 0 fully saturated rings. The Kier molecular flexibility index (Phi) is 3.77. The Morgan fingerprint density at radius 1 is 1.00 bits per heavy atom. The van der Waals surface area contributed by atoms with Crippen molar-refractivity contribution in [3.05, 3.63) is 53.9 Å². The number of hydrogen-bond donors (Lipinski definition) is 2. The number of hydrazine groups is 1. The summed E-state index contributed by atoms with van der Waals surface area (Å²) in [6.07, 6.45) is 0. The van der Waals surface area contributed by atoms with E-state index in [1.165, 1.54) is 10.8 Å². The molecule has 0 amide bonds. The van der Waals surface area contributed by atoms with Crippen LogP contribution in [0.25, 0.3) is 10.8 Å². The Balaban J connectivity index is 2.00. The van der Waals surface area contributed by atoms with E-state index in [2.05, 4.69) is 45.7 Å². The van der Waals surface area contributed by atoms with Crippen LogP contribution in [0.5, 0.6) is 0 Å². The summed E-state index contributed by atoms with van der Waals surface area (Å²) < 4.78 is 0. The quantitative estimate of drug-likeness (QED) is 0.438. The Morgan fingerprint density at radius 2 is 1.76 bits per heavy atom. The van der Waals surface area contributed by atoms with Crippen molar-refractivity contribution < 1.29 is 0 Å². The molecule has 3 rings (SSSR count). The van der Waals surface area contributed by atoms with Crippen LogP contribution in [0.4, 0.5) is 5.82 Å². The lowest BCUT2D eigenvalue weighted by molar-refractivity contribution is 0.935. The van der Waals surface area contributed by atoms with Crippen LogP contribution in [0.15, 0.2) is 52.4 Å². The Bertz CT molecular complexity index is 801. The number of anilines is 1. The summed E-state index contributed by atoms with van der Waals surface area (Å²) in [4.78, 5) is 9.95. The molecule has 0 aliphatic heterocycles. The van der Waals surface area contributed by atoms with Gasteiger partial charge in [0.2, 0.25) is 0 Å². The van der Waals surface area contributed by atoms with E-state index in [9.17, 15) is 0 Å². The van der Waals surface area contributed by atoms with Crippen LogP contribution in [-0.4, -0.2) is 9.97 Å². The highest BCUT2D eigenvalue weighted by Gasteiger charge is 2.10. The largest absolute Gasteiger partial charge is 0.308 e. The van der Waals surface area contributed by atoms with Gasteiger partial charge < -0.3 is 5.43 Å². The van der Waals surface area contributed by atoms with Gasteiger partial charge in [0.1, 0.15) is 16.7 Å². The van der Waals surface area contributed by atoms with Gasteiger partial charge in [-0.05, 0) is 36.8 Å². The summed E-state index contributed by atoms with van der Waals surface area (Å²) in [5.41, 5.74) is 3.59. The van der Waals surface area contributed by atoms with Crippen molar-refractivity contribution in [2.75, 3.05) is 5.43 Å². The van der Waals surface area contributed by atoms with Gasteiger partial charge >= 0.3 is 0 Å². The normalized spacial score (nSPS) is 10.8. The second-order valence-corrected chi connectivity index (χ2v) is 5.87. The topological polar surface area (TPSA) is 63.8 Å². The number of rotatable bonds is 3. The van der Waals surface area contributed by atoms with Gasteiger partial charge in [0.15, 0.2) is 0 Å². The van der Waals surface area contributed by atoms with E-state index in [4.69, 9.17) is 5.84 Å². The third-order valence-electron chi connectivity index (χ3n) is 3.29. The molecule has 0 aliphatic carbocycles. The molecule has 106 valence electrons. The molecule has 0 saturated carbocycles. The van der Waals surface area contributed by atoms with Crippen LogP contribution in [0.3, 0.4) is 0 Å². The minimum absolute atomic E-state index is 0.672. The summed E-state index contributed by atoms with van der Waals surface area (Å²) in [7, 11) is 0. The first-order valence-electron chi connectivity index (χ1n) is 6.66. The molecule has 4 nitrogen and oxygen atoms in total. The first-order valence-corrected chi connectivity index (χ1v) is 7.47. The van der Waals surface area contributed by atoms with E-state index in [0.717, 1.165) is 15.5 Å². The van der Waals surface area contributed by atoms with Crippen molar-refractivity contribution in [3.8, 4) is 0 Å². The van der Waals surface area contributed by atoms with E-state index in [1.807, 2.05) is 26.0 Å². The third-order valence-corrected chi connectivity index (χ3v) is 4.37. The van der Waals surface area contributed by atoms with Crippen LogP contribution in [0, 0.1) is 13.8 Å². The predicted molar refractivity (Wildman–Crippen MR) is 87.4 cm³/mol. The summed E-state index contributed by atoms with van der Waals surface area (Å²) in [5, 5.41) is 3.38. The van der Waals surface area contributed by atoms with Crippen LogP contribution >= 0.6 is 11.8 Å². The molecular formula is C16H16N4S. The van der Waals surface area contributed by atoms with Crippen LogP contribution in [0.1, 0.15) is 11.4 Å². The fraction of sp³-hybridized carbons (Fsp3) is 0.125. The van der Waals surface area contributed by atoms with Crippen molar-refractivity contribution in [2.24, 2.45) is 5.84 Å². The summed E-state index contributed by atoms with van der Waals surface area (Å²) in [6.45, 7) is 3.84. The van der Waals surface area contributed by atoms with Crippen molar-refractivity contribution in [3.63, 3.8) is 0 Å². The highest BCUT2D eigenvalue weighted by molar-refractivity contribution is 7.99. The average Bonchev–Trinajstić information content (AvgIpc) is 2.50. The molecule has 0 bridgehead atoms. The summed E-state index contributed by atoms with van der Waals surface area (Å²) >= 11 is 1.63. The Morgan fingerprint density at radius 3 is 2.52 bits per heavy atom. The number of nitrogens with zero attached hydrogens (tertiary/aromatic N) is 2. The number of fused-ring (bicyclic) bond motifs is 1. The predicted octanol–water partition coefficient (Wildman–Crippen LogP) is 3.68. The smallest absolute Gasteiger partial charge is 0.147 e. The molecule has 1 aromatic heterocycles. The number of nitrogens with two attached hydrogens (primary N) is 1. The summed E-state index contributed by atoms with van der Waals surface area (Å²) in [6, 6.07) is 14.7. The van der Waals surface area contributed by atoms with E-state index in [0.29, 0.717) is 11.6 Å². The van der Waals surface area contributed by atoms with Crippen molar-refractivity contribution in [2.45, 2.75) is 23.8 Å². The number of aromatic nitrogens is 2. The maximum Gasteiger partial charge on any atom is 0.147 e. The lowest BCUT2D eigenvalue weighted by atomic mass is 10.1. The zero-order chi connectivity index (χ0) is 14.8. The monoisotopic (exact) mass is 296 g/mol. The number of hydrogen-bond acceptors (Lipinski definition) is 5.